The Hall–Kier alpha value is -0.660. The van der Waals surface area contributed by atoms with Crippen molar-refractivity contribution in [3.8, 4) is 0 Å². The number of carbonyl (C=O) groups excluding carboxylic acids is 1. The van der Waals surface area contributed by atoms with Gasteiger partial charge in [-0.25, -0.2) is 0 Å². The molecule has 1 heterocycles. The summed E-state index contributed by atoms with van der Waals surface area (Å²) in [6.07, 6.45) is 1.94. The molecule has 1 aliphatic rings. The van der Waals surface area contributed by atoms with Gasteiger partial charge in [0.25, 0.3) is 0 Å². The van der Waals surface area contributed by atoms with Crippen LogP contribution in [0.15, 0.2) is 4.99 Å². The van der Waals surface area contributed by atoms with E-state index in [-0.39, 0.29) is 11.2 Å². The highest BCUT2D eigenvalue weighted by atomic mass is 16.1. The van der Waals surface area contributed by atoms with Crippen molar-refractivity contribution in [2.75, 3.05) is 6.54 Å². The third kappa shape index (κ3) is 1.88. The first kappa shape index (κ1) is 8.44. The molecular formula is C9H15NO. The molecule has 0 aromatic carbocycles. The molecular weight excluding hydrogens is 138 g/mol. The summed E-state index contributed by atoms with van der Waals surface area (Å²) in [6.45, 7) is 6.67. The van der Waals surface area contributed by atoms with Gasteiger partial charge in [-0.2, -0.15) is 0 Å². The Morgan fingerprint density at radius 1 is 1.45 bits per heavy atom. The second-order valence-corrected chi connectivity index (χ2v) is 4.01. The van der Waals surface area contributed by atoms with Crippen molar-refractivity contribution in [2.24, 2.45) is 10.4 Å². The summed E-state index contributed by atoms with van der Waals surface area (Å²) in [4.78, 5) is 15.7. The van der Waals surface area contributed by atoms with Crippen LogP contribution in [0.1, 0.15) is 33.6 Å². The van der Waals surface area contributed by atoms with Gasteiger partial charge in [-0.05, 0) is 12.8 Å². The lowest BCUT2D eigenvalue weighted by Crippen LogP contribution is -2.27. The minimum Gasteiger partial charge on any atom is -0.292 e. The second-order valence-electron chi connectivity index (χ2n) is 4.01. The number of Topliss-reactive ketones (excluding diaryl/α,β-unsaturated/α-hetero) is 1. The third-order valence-electron chi connectivity index (χ3n) is 1.82. The molecule has 2 heteroatoms. The first-order chi connectivity index (χ1) is 5.02. The van der Waals surface area contributed by atoms with Crippen molar-refractivity contribution in [2.45, 2.75) is 33.6 Å². The van der Waals surface area contributed by atoms with Gasteiger partial charge in [0.15, 0.2) is 5.78 Å². The van der Waals surface area contributed by atoms with Crippen LogP contribution in [0.25, 0.3) is 0 Å². The highest BCUT2D eigenvalue weighted by Gasteiger charge is 2.27. The maximum atomic E-state index is 11.5. The van der Waals surface area contributed by atoms with Crippen molar-refractivity contribution in [1.82, 2.24) is 0 Å². The fourth-order valence-electron chi connectivity index (χ4n) is 1.16. The molecule has 1 aliphatic heterocycles. The van der Waals surface area contributed by atoms with E-state index in [0.29, 0.717) is 0 Å². The molecule has 0 atom stereocenters. The molecule has 0 N–H and O–H groups in total. The molecule has 0 bridgehead atoms. The monoisotopic (exact) mass is 153 g/mol. The first-order valence-electron chi connectivity index (χ1n) is 4.10. The fraction of sp³-hybridized carbons (Fsp3) is 0.778. The third-order valence-corrected chi connectivity index (χ3v) is 1.82. The number of hydrogen-bond donors (Lipinski definition) is 0. The van der Waals surface area contributed by atoms with Crippen molar-refractivity contribution >= 4 is 11.5 Å². The van der Waals surface area contributed by atoms with Crippen LogP contribution in [0.2, 0.25) is 0 Å². The largest absolute Gasteiger partial charge is 0.292 e. The quantitative estimate of drug-likeness (QED) is 0.565. The molecule has 62 valence electrons. The van der Waals surface area contributed by atoms with Crippen LogP contribution >= 0.6 is 0 Å². The summed E-state index contributed by atoms with van der Waals surface area (Å²) in [6, 6.07) is 0. The van der Waals surface area contributed by atoms with Crippen molar-refractivity contribution in [3.05, 3.63) is 0 Å². The molecule has 0 aromatic heterocycles. The van der Waals surface area contributed by atoms with Crippen LogP contribution in [0.4, 0.5) is 0 Å². The van der Waals surface area contributed by atoms with E-state index in [1.807, 2.05) is 20.8 Å². The summed E-state index contributed by atoms with van der Waals surface area (Å²) in [5, 5.41) is 0. The lowest BCUT2D eigenvalue weighted by Gasteiger charge is -2.15. The highest BCUT2D eigenvalue weighted by Crippen LogP contribution is 2.19. The number of aliphatic imine (C=N–C) groups is 1. The molecule has 1 rings (SSSR count). The first-order valence-corrected chi connectivity index (χ1v) is 4.10. The zero-order valence-corrected chi connectivity index (χ0v) is 7.48. The van der Waals surface area contributed by atoms with Crippen LogP contribution in [-0.2, 0) is 4.79 Å². The van der Waals surface area contributed by atoms with Gasteiger partial charge in [0.2, 0.25) is 0 Å². The van der Waals surface area contributed by atoms with Crippen LogP contribution in [-0.4, -0.2) is 18.0 Å². The molecule has 0 aliphatic carbocycles. The maximum Gasteiger partial charge on any atom is 0.181 e. The van der Waals surface area contributed by atoms with E-state index in [4.69, 9.17) is 0 Å². The van der Waals surface area contributed by atoms with E-state index in [2.05, 4.69) is 4.99 Å². The van der Waals surface area contributed by atoms with E-state index < -0.39 is 0 Å². The van der Waals surface area contributed by atoms with E-state index >= 15 is 0 Å². The van der Waals surface area contributed by atoms with Crippen molar-refractivity contribution in [3.63, 3.8) is 0 Å². The Morgan fingerprint density at radius 3 is 2.45 bits per heavy atom. The molecule has 0 saturated heterocycles. The number of rotatable bonds is 1. The Bertz CT molecular complexity index is 198. The standard InChI is InChI=1S/C9H15NO/c1-9(2,3)8(11)7-5-4-6-10-7/h4-6H2,1-3H3. The van der Waals surface area contributed by atoms with Crippen molar-refractivity contribution < 1.29 is 4.79 Å². The molecule has 0 aromatic rings. The Labute approximate surface area is 67.7 Å². The summed E-state index contributed by atoms with van der Waals surface area (Å²) >= 11 is 0. The van der Waals surface area contributed by atoms with Gasteiger partial charge in [0.1, 0.15) is 0 Å². The summed E-state index contributed by atoms with van der Waals surface area (Å²) in [7, 11) is 0. The Balaban J connectivity index is 2.68. The average Bonchev–Trinajstić information content (AvgIpc) is 2.34. The Kier molecular flexibility index (Phi) is 2.12. The normalized spacial score (nSPS) is 18.3. The van der Waals surface area contributed by atoms with Crippen molar-refractivity contribution in [1.29, 1.82) is 0 Å². The summed E-state index contributed by atoms with van der Waals surface area (Å²) in [5.74, 6) is 0.218. The number of carbonyl (C=O) groups is 1. The number of nitrogens with zero attached hydrogens (tertiary/aromatic N) is 1. The molecule has 0 amide bonds. The lowest BCUT2D eigenvalue weighted by molar-refractivity contribution is -0.119. The molecule has 0 fully saturated rings. The predicted molar refractivity (Wildman–Crippen MR) is 46.0 cm³/mol. The van der Waals surface area contributed by atoms with Gasteiger partial charge in [-0.15, -0.1) is 0 Å². The minimum absolute atomic E-state index is 0.218. The van der Waals surface area contributed by atoms with Gasteiger partial charge in [-0.1, -0.05) is 20.8 Å². The molecule has 11 heavy (non-hydrogen) atoms. The van der Waals surface area contributed by atoms with E-state index in [1.165, 1.54) is 0 Å². The van der Waals surface area contributed by atoms with Crippen LogP contribution < -0.4 is 0 Å². The van der Waals surface area contributed by atoms with E-state index in [9.17, 15) is 4.79 Å². The number of ketones is 1. The lowest BCUT2D eigenvalue weighted by atomic mass is 9.87. The van der Waals surface area contributed by atoms with E-state index in [0.717, 1.165) is 25.1 Å². The molecule has 0 spiro atoms. The van der Waals surface area contributed by atoms with Crippen LogP contribution in [0, 0.1) is 5.41 Å². The van der Waals surface area contributed by atoms with Gasteiger partial charge in [0, 0.05) is 12.0 Å². The van der Waals surface area contributed by atoms with Gasteiger partial charge in [-0.3, -0.25) is 9.79 Å². The zero-order valence-electron chi connectivity index (χ0n) is 7.48. The fourth-order valence-corrected chi connectivity index (χ4v) is 1.16. The van der Waals surface area contributed by atoms with Gasteiger partial charge in [0.05, 0.1) is 5.71 Å². The highest BCUT2D eigenvalue weighted by molar-refractivity contribution is 6.41. The smallest absolute Gasteiger partial charge is 0.181 e. The summed E-state index contributed by atoms with van der Waals surface area (Å²) < 4.78 is 0. The molecule has 0 saturated carbocycles. The number of hydrogen-bond acceptors (Lipinski definition) is 2. The van der Waals surface area contributed by atoms with Gasteiger partial charge >= 0.3 is 0 Å². The molecule has 0 unspecified atom stereocenters. The average molecular weight is 153 g/mol. The topological polar surface area (TPSA) is 29.4 Å². The zero-order chi connectivity index (χ0) is 8.48. The predicted octanol–water partition coefficient (Wildman–Crippen LogP) is 1.84. The van der Waals surface area contributed by atoms with Gasteiger partial charge < -0.3 is 0 Å². The second kappa shape index (κ2) is 2.76. The van der Waals surface area contributed by atoms with Crippen LogP contribution in [0.5, 0.6) is 0 Å². The van der Waals surface area contributed by atoms with E-state index in [1.54, 1.807) is 0 Å². The Morgan fingerprint density at radius 2 is 2.09 bits per heavy atom. The SMILES string of the molecule is CC(C)(C)C(=O)C1=NCCC1. The molecule has 0 radical (unpaired) electrons. The van der Waals surface area contributed by atoms with Crippen LogP contribution in [0.3, 0.4) is 0 Å². The summed E-state index contributed by atoms with van der Waals surface area (Å²) in [5.41, 5.74) is 0.556. The minimum atomic E-state index is -0.247. The molecule has 2 nitrogen and oxygen atoms in total. The maximum absolute atomic E-state index is 11.5.